The number of allylic oxidation sites excluding steroid dienone is 1. The van der Waals surface area contributed by atoms with E-state index in [1.54, 1.807) is 6.21 Å². The standard InChI is InChI=1S/C6H6Cl2N2/c1-4-2-3-9-6(8)10-5(4)7/h3H,2H2,1H3. The van der Waals surface area contributed by atoms with Gasteiger partial charge in [0, 0.05) is 12.6 Å². The van der Waals surface area contributed by atoms with E-state index in [-0.39, 0.29) is 5.29 Å². The van der Waals surface area contributed by atoms with Crippen molar-refractivity contribution in [3.63, 3.8) is 0 Å². The minimum Gasteiger partial charge on any atom is -0.231 e. The van der Waals surface area contributed by atoms with Crippen LogP contribution in [0, 0.1) is 0 Å². The van der Waals surface area contributed by atoms with Crippen molar-refractivity contribution in [2.45, 2.75) is 13.3 Å². The Balaban J connectivity index is 2.96. The van der Waals surface area contributed by atoms with Crippen LogP contribution in [-0.2, 0) is 0 Å². The smallest absolute Gasteiger partial charge is 0.223 e. The van der Waals surface area contributed by atoms with Gasteiger partial charge in [-0.1, -0.05) is 11.6 Å². The van der Waals surface area contributed by atoms with Crippen molar-refractivity contribution in [1.82, 2.24) is 0 Å². The first-order valence-electron chi connectivity index (χ1n) is 2.82. The first-order chi connectivity index (χ1) is 4.70. The summed E-state index contributed by atoms with van der Waals surface area (Å²) in [7, 11) is 0. The molecule has 10 heavy (non-hydrogen) atoms. The number of rotatable bonds is 0. The minimum absolute atomic E-state index is 0.196. The Morgan fingerprint density at radius 2 is 2.20 bits per heavy atom. The normalized spacial score (nSPS) is 18.9. The molecule has 0 aromatic carbocycles. The molecule has 1 aliphatic rings. The van der Waals surface area contributed by atoms with Gasteiger partial charge in [-0.25, -0.2) is 9.98 Å². The summed E-state index contributed by atoms with van der Waals surface area (Å²) in [4.78, 5) is 7.58. The molecule has 4 heteroatoms. The summed E-state index contributed by atoms with van der Waals surface area (Å²) in [6.45, 7) is 1.90. The Kier molecular flexibility index (Phi) is 2.46. The van der Waals surface area contributed by atoms with E-state index >= 15 is 0 Å². The molecule has 1 aliphatic heterocycles. The lowest BCUT2D eigenvalue weighted by molar-refractivity contribution is 1.25. The first kappa shape index (κ1) is 7.76. The molecule has 0 N–H and O–H groups in total. The van der Waals surface area contributed by atoms with Crippen LogP contribution >= 0.6 is 23.2 Å². The summed E-state index contributed by atoms with van der Waals surface area (Å²) in [5.74, 6) is 0. The number of aliphatic imine (C=N–C) groups is 2. The van der Waals surface area contributed by atoms with E-state index in [0.717, 1.165) is 12.0 Å². The molecule has 1 heterocycles. The van der Waals surface area contributed by atoms with Crippen LogP contribution in [0.3, 0.4) is 0 Å². The number of halogens is 2. The van der Waals surface area contributed by atoms with E-state index in [2.05, 4.69) is 9.98 Å². The highest BCUT2D eigenvalue weighted by atomic mass is 35.5. The quantitative estimate of drug-likeness (QED) is 0.508. The molecular formula is C6H6Cl2N2. The Hall–Kier alpha value is -0.340. The fourth-order valence-electron chi connectivity index (χ4n) is 0.547. The summed E-state index contributed by atoms with van der Waals surface area (Å²) in [6.07, 6.45) is 2.41. The molecule has 0 saturated carbocycles. The summed E-state index contributed by atoms with van der Waals surface area (Å²) in [5.41, 5.74) is 0.987. The zero-order valence-corrected chi connectivity index (χ0v) is 6.95. The molecule has 54 valence electrons. The number of amidine groups is 1. The van der Waals surface area contributed by atoms with Crippen LogP contribution in [0.4, 0.5) is 0 Å². The summed E-state index contributed by atoms with van der Waals surface area (Å²) in [5, 5.41) is 0.643. The van der Waals surface area contributed by atoms with E-state index < -0.39 is 0 Å². The number of hydrogen-bond donors (Lipinski definition) is 0. The van der Waals surface area contributed by atoms with Gasteiger partial charge < -0.3 is 0 Å². The van der Waals surface area contributed by atoms with Crippen LogP contribution in [0.2, 0.25) is 0 Å². The van der Waals surface area contributed by atoms with Gasteiger partial charge in [0.25, 0.3) is 0 Å². The molecule has 0 saturated heterocycles. The third-order valence-corrected chi connectivity index (χ3v) is 1.73. The van der Waals surface area contributed by atoms with Gasteiger partial charge in [-0.3, -0.25) is 0 Å². The van der Waals surface area contributed by atoms with Crippen LogP contribution in [0.15, 0.2) is 20.7 Å². The van der Waals surface area contributed by atoms with Crippen molar-refractivity contribution in [3.05, 3.63) is 10.7 Å². The lowest BCUT2D eigenvalue weighted by atomic mass is 10.2. The molecule has 0 atom stereocenters. The summed E-state index contributed by atoms with van der Waals surface area (Å²) in [6, 6.07) is 0. The van der Waals surface area contributed by atoms with Crippen molar-refractivity contribution in [2.75, 3.05) is 0 Å². The average Bonchev–Trinajstić information content (AvgIpc) is 1.96. The topological polar surface area (TPSA) is 24.7 Å². The molecular weight excluding hydrogens is 171 g/mol. The van der Waals surface area contributed by atoms with Crippen LogP contribution in [-0.4, -0.2) is 11.5 Å². The van der Waals surface area contributed by atoms with Crippen LogP contribution in [0.1, 0.15) is 13.3 Å². The molecule has 0 aromatic rings. The first-order valence-corrected chi connectivity index (χ1v) is 3.57. The maximum Gasteiger partial charge on any atom is 0.223 e. The molecule has 0 unspecified atom stereocenters. The minimum atomic E-state index is 0.196. The molecule has 1 rings (SSSR count). The summed E-state index contributed by atoms with van der Waals surface area (Å²) >= 11 is 11.2. The fraction of sp³-hybridized carbons (Fsp3) is 0.333. The van der Waals surface area contributed by atoms with E-state index in [9.17, 15) is 0 Å². The second-order valence-corrected chi connectivity index (χ2v) is 2.66. The Morgan fingerprint density at radius 1 is 1.50 bits per heavy atom. The van der Waals surface area contributed by atoms with Crippen molar-refractivity contribution in [2.24, 2.45) is 9.98 Å². The highest BCUT2D eigenvalue weighted by Crippen LogP contribution is 2.16. The second-order valence-electron chi connectivity index (χ2n) is 1.97. The van der Waals surface area contributed by atoms with Crippen LogP contribution in [0.5, 0.6) is 0 Å². The van der Waals surface area contributed by atoms with Gasteiger partial charge in [-0.15, -0.1) is 0 Å². The Bertz CT molecular complexity index is 228. The lowest BCUT2D eigenvalue weighted by Crippen LogP contribution is -1.77. The number of hydrogen-bond acceptors (Lipinski definition) is 2. The monoisotopic (exact) mass is 176 g/mol. The third kappa shape index (κ3) is 1.82. The van der Waals surface area contributed by atoms with Crippen molar-refractivity contribution in [3.8, 4) is 0 Å². The molecule has 2 nitrogen and oxygen atoms in total. The summed E-state index contributed by atoms with van der Waals surface area (Å²) < 4.78 is 0. The largest absolute Gasteiger partial charge is 0.231 e. The zero-order valence-electron chi connectivity index (χ0n) is 5.43. The fourth-order valence-corrected chi connectivity index (χ4v) is 0.901. The molecule has 0 bridgehead atoms. The molecule has 0 radical (unpaired) electrons. The SMILES string of the molecule is CC1=C(Cl)N=C(Cl)N=CC1. The number of nitrogens with zero attached hydrogens (tertiary/aromatic N) is 2. The predicted octanol–water partition coefficient (Wildman–Crippen LogP) is 2.53. The molecule has 0 aromatic heterocycles. The van der Waals surface area contributed by atoms with Gasteiger partial charge in [0.2, 0.25) is 5.29 Å². The molecule has 0 spiro atoms. The molecule has 0 amide bonds. The molecule has 0 aliphatic carbocycles. The maximum absolute atomic E-state index is 5.69. The van der Waals surface area contributed by atoms with E-state index in [1.807, 2.05) is 6.92 Å². The van der Waals surface area contributed by atoms with Crippen molar-refractivity contribution < 1.29 is 0 Å². The lowest BCUT2D eigenvalue weighted by Gasteiger charge is -1.91. The maximum atomic E-state index is 5.69. The highest BCUT2D eigenvalue weighted by molar-refractivity contribution is 6.66. The Labute approximate surface area is 69.3 Å². The van der Waals surface area contributed by atoms with Gasteiger partial charge in [-0.2, -0.15) is 0 Å². The Morgan fingerprint density at radius 3 is 2.90 bits per heavy atom. The van der Waals surface area contributed by atoms with Gasteiger partial charge in [0.1, 0.15) is 5.16 Å². The van der Waals surface area contributed by atoms with E-state index in [1.165, 1.54) is 0 Å². The second kappa shape index (κ2) is 3.17. The van der Waals surface area contributed by atoms with Gasteiger partial charge in [0.15, 0.2) is 0 Å². The predicted molar refractivity (Wildman–Crippen MR) is 45.0 cm³/mol. The van der Waals surface area contributed by atoms with E-state index in [4.69, 9.17) is 23.2 Å². The van der Waals surface area contributed by atoms with Crippen LogP contribution < -0.4 is 0 Å². The van der Waals surface area contributed by atoms with Crippen molar-refractivity contribution in [1.29, 1.82) is 0 Å². The van der Waals surface area contributed by atoms with Crippen LogP contribution in [0.25, 0.3) is 0 Å². The molecule has 0 fully saturated rings. The van der Waals surface area contributed by atoms with Crippen molar-refractivity contribution >= 4 is 34.7 Å². The van der Waals surface area contributed by atoms with Gasteiger partial charge in [-0.05, 0) is 24.1 Å². The zero-order chi connectivity index (χ0) is 7.56. The van der Waals surface area contributed by atoms with Gasteiger partial charge >= 0.3 is 0 Å². The highest BCUT2D eigenvalue weighted by Gasteiger charge is 2.01. The van der Waals surface area contributed by atoms with E-state index in [0.29, 0.717) is 5.16 Å². The average molecular weight is 177 g/mol. The van der Waals surface area contributed by atoms with Gasteiger partial charge in [0.05, 0.1) is 0 Å². The third-order valence-electron chi connectivity index (χ3n) is 1.14.